The number of hydrogen-bond acceptors (Lipinski definition) is 4. The Balaban J connectivity index is 1.97. The van der Waals surface area contributed by atoms with Crippen molar-refractivity contribution in [3.63, 3.8) is 0 Å². The second kappa shape index (κ2) is 4.17. The van der Waals surface area contributed by atoms with E-state index in [2.05, 4.69) is 4.98 Å². The van der Waals surface area contributed by atoms with Crippen molar-refractivity contribution in [3.8, 4) is 0 Å². The van der Waals surface area contributed by atoms with Crippen molar-refractivity contribution in [2.45, 2.75) is 25.3 Å². The van der Waals surface area contributed by atoms with Crippen molar-refractivity contribution in [1.82, 2.24) is 9.88 Å². The summed E-state index contributed by atoms with van der Waals surface area (Å²) in [5, 5.41) is 9.32. The highest BCUT2D eigenvalue weighted by atomic mass is 16.3. The Labute approximate surface area is 104 Å². The molecule has 1 fully saturated rings. The van der Waals surface area contributed by atoms with Crippen molar-refractivity contribution in [2.24, 2.45) is 5.92 Å². The molecule has 1 aromatic rings. The standard InChI is InChI=1S/C13H14N2O3/c16-7-8-2-1-3-11(8)15-12(17)9-4-5-14-6-10(9)13(15)18/h4-6,8,11,16H,1-3,7H2. The quantitative estimate of drug-likeness (QED) is 0.785. The van der Waals surface area contributed by atoms with Crippen LogP contribution >= 0.6 is 0 Å². The van der Waals surface area contributed by atoms with Gasteiger partial charge in [-0.2, -0.15) is 0 Å². The van der Waals surface area contributed by atoms with Gasteiger partial charge in [0, 0.05) is 31.0 Å². The van der Waals surface area contributed by atoms with Crippen LogP contribution in [0.5, 0.6) is 0 Å². The van der Waals surface area contributed by atoms with Crippen LogP contribution in [0.15, 0.2) is 18.5 Å². The van der Waals surface area contributed by atoms with Gasteiger partial charge in [-0.05, 0) is 18.9 Å². The second-order valence-electron chi connectivity index (χ2n) is 4.84. The molecule has 18 heavy (non-hydrogen) atoms. The third-order valence-electron chi connectivity index (χ3n) is 3.90. The summed E-state index contributed by atoms with van der Waals surface area (Å²) in [4.78, 5) is 29.7. The van der Waals surface area contributed by atoms with Gasteiger partial charge < -0.3 is 5.11 Å². The number of fused-ring (bicyclic) bond motifs is 1. The fraction of sp³-hybridized carbons (Fsp3) is 0.462. The zero-order valence-electron chi connectivity index (χ0n) is 9.87. The lowest BCUT2D eigenvalue weighted by molar-refractivity contribution is 0.0514. The largest absolute Gasteiger partial charge is 0.396 e. The number of nitrogens with zero attached hydrogens (tertiary/aromatic N) is 2. The van der Waals surface area contributed by atoms with E-state index in [9.17, 15) is 14.7 Å². The maximum atomic E-state index is 12.3. The summed E-state index contributed by atoms with van der Waals surface area (Å²) in [5.74, 6) is -0.503. The molecule has 1 saturated carbocycles. The summed E-state index contributed by atoms with van der Waals surface area (Å²) >= 11 is 0. The third-order valence-corrected chi connectivity index (χ3v) is 3.90. The minimum Gasteiger partial charge on any atom is -0.396 e. The summed E-state index contributed by atoms with van der Waals surface area (Å²) in [6, 6.07) is 1.42. The van der Waals surface area contributed by atoms with E-state index in [0.717, 1.165) is 19.3 Å². The predicted octanol–water partition coefficient (Wildman–Crippen LogP) is 0.839. The van der Waals surface area contributed by atoms with E-state index >= 15 is 0 Å². The zero-order valence-corrected chi connectivity index (χ0v) is 9.87. The molecule has 0 bridgehead atoms. The summed E-state index contributed by atoms with van der Waals surface area (Å²) in [6.07, 6.45) is 5.56. The van der Waals surface area contributed by atoms with Crippen LogP contribution in [-0.4, -0.2) is 39.5 Å². The van der Waals surface area contributed by atoms with Gasteiger partial charge in [-0.25, -0.2) is 0 Å². The van der Waals surface area contributed by atoms with Crippen molar-refractivity contribution in [2.75, 3.05) is 6.61 Å². The second-order valence-corrected chi connectivity index (χ2v) is 4.84. The number of amides is 2. The first-order chi connectivity index (χ1) is 8.74. The molecular weight excluding hydrogens is 232 g/mol. The van der Waals surface area contributed by atoms with Crippen molar-refractivity contribution in [3.05, 3.63) is 29.6 Å². The number of rotatable bonds is 2. The summed E-state index contributed by atoms with van der Waals surface area (Å²) in [6.45, 7) is 0.0241. The van der Waals surface area contributed by atoms with Crippen LogP contribution in [0.1, 0.15) is 40.0 Å². The lowest BCUT2D eigenvalue weighted by Gasteiger charge is -2.26. The van der Waals surface area contributed by atoms with Crippen LogP contribution in [0, 0.1) is 5.92 Å². The Hall–Kier alpha value is -1.75. The lowest BCUT2D eigenvalue weighted by Crippen LogP contribution is -2.42. The Morgan fingerprint density at radius 2 is 2.06 bits per heavy atom. The topological polar surface area (TPSA) is 70.5 Å². The van der Waals surface area contributed by atoms with Crippen LogP contribution in [0.2, 0.25) is 0 Å². The van der Waals surface area contributed by atoms with Gasteiger partial charge >= 0.3 is 0 Å². The molecule has 0 saturated heterocycles. The molecule has 5 heteroatoms. The molecule has 1 N–H and O–H groups in total. The Morgan fingerprint density at radius 3 is 2.78 bits per heavy atom. The first-order valence-corrected chi connectivity index (χ1v) is 6.17. The van der Waals surface area contributed by atoms with Gasteiger partial charge in [0.25, 0.3) is 11.8 Å². The van der Waals surface area contributed by atoms with E-state index in [1.807, 2.05) is 0 Å². The highest BCUT2D eigenvalue weighted by Gasteiger charge is 2.44. The highest BCUT2D eigenvalue weighted by Crippen LogP contribution is 2.34. The van der Waals surface area contributed by atoms with E-state index in [1.165, 1.54) is 17.3 Å². The van der Waals surface area contributed by atoms with Crippen molar-refractivity contribution >= 4 is 11.8 Å². The summed E-state index contributed by atoms with van der Waals surface area (Å²) in [5.41, 5.74) is 0.810. The van der Waals surface area contributed by atoms with Crippen LogP contribution in [0.4, 0.5) is 0 Å². The predicted molar refractivity (Wildman–Crippen MR) is 63.0 cm³/mol. The molecule has 2 unspecified atom stereocenters. The monoisotopic (exact) mass is 246 g/mol. The number of carbonyl (C=O) groups excluding carboxylic acids is 2. The smallest absolute Gasteiger partial charge is 0.263 e. The number of pyridine rings is 1. The molecule has 94 valence electrons. The number of aromatic nitrogens is 1. The van der Waals surface area contributed by atoms with Gasteiger partial charge in [-0.3, -0.25) is 19.5 Å². The van der Waals surface area contributed by atoms with Gasteiger partial charge in [0.15, 0.2) is 0 Å². The molecule has 1 aliphatic heterocycles. The molecule has 1 aromatic heterocycles. The molecule has 3 rings (SSSR count). The van der Waals surface area contributed by atoms with Gasteiger partial charge in [0.05, 0.1) is 11.1 Å². The van der Waals surface area contributed by atoms with Gasteiger partial charge in [0.1, 0.15) is 0 Å². The Kier molecular flexibility index (Phi) is 2.63. The maximum Gasteiger partial charge on any atom is 0.263 e. The third kappa shape index (κ3) is 1.47. The molecular formula is C13H14N2O3. The molecule has 2 atom stereocenters. The molecule has 2 aliphatic rings. The fourth-order valence-corrected chi connectivity index (χ4v) is 2.97. The van der Waals surface area contributed by atoms with Gasteiger partial charge in [-0.1, -0.05) is 6.42 Å². The lowest BCUT2D eigenvalue weighted by atomic mass is 10.0. The zero-order chi connectivity index (χ0) is 12.7. The summed E-state index contributed by atoms with van der Waals surface area (Å²) < 4.78 is 0. The number of aliphatic hydroxyl groups is 1. The van der Waals surface area contributed by atoms with Crippen LogP contribution in [-0.2, 0) is 0 Å². The van der Waals surface area contributed by atoms with E-state index < -0.39 is 0 Å². The molecule has 2 heterocycles. The average Bonchev–Trinajstić information content (AvgIpc) is 2.95. The highest BCUT2D eigenvalue weighted by molar-refractivity contribution is 6.21. The number of carbonyl (C=O) groups is 2. The Morgan fingerprint density at radius 1 is 1.28 bits per heavy atom. The minimum atomic E-state index is -0.270. The Bertz CT molecular complexity index is 480. The maximum absolute atomic E-state index is 12.3. The molecule has 0 aromatic carbocycles. The van der Waals surface area contributed by atoms with E-state index in [0.29, 0.717) is 11.1 Å². The van der Waals surface area contributed by atoms with E-state index in [4.69, 9.17) is 0 Å². The number of hydrogen-bond donors (Lipinski definition) is 1. The van der Waals surface area contributed by atoms with Crippen molar-refractivity contribution in [1.29, 1.82) is 0 Å². The molecule has 2 amide bonds. The molecule has 0 spiro atoms. The average molecular weight is 246 g/mol. The molecule has 5 nitrogen and oxygen atoms in total. The molecule has 1 aliphatic carbocycles. The van der Waals surface area contributed by atoms with E-state index in [1.54, 1.807) is 6.07 Å². The summed E-state index contributed by atoms with van der Waals surface area (Å²) in [7, 11) is 0. The normalized spacial score (nSPS) is 26.8. The van der Waals surface area contributed by atoms with E-state index in [-0.39, 0.29) is 30.4 Å². The SMILES string of the molecule is O=C1c2ccncc2C(=O)N1C1CCCC1CO. The van der Waals surface area contributed by atoms with Crippen molar-refractivity contribution < 1.29 is 14.7 Å². The van der Waals surface area contributed by atoms with Crippen LogP contribution < -0.4 is 0 Å². The fourth-order valence-electron chi connectivity index (χ4n) is 2.97. The number of imide groups is 1. The first-order valence-electron chi connectivity index (χ1n) is 6.17. The van der Waals surface area contributed by atoms with Gasteiger partial charge in [0.2, 0.25) is 0 Å². The minimum absolute atomic E-state index is 0.0140. The molecule has 0 radical (unpaired) electrons. The first kappa shape index (κ1) is 11.3. The van der Waals surface area contributed by atoms with Crippen LogP contribution in [0.25, 0.3) is 0 Å². The number of aliphatic hydroxyl groups excluding tert-OH is 1. The van der Waals surface area contributed by atoms with Gasteiger partial charge in [-0.15, -0.1) is 0 Å². The van der Waals surface area contributed by atoms with Crippen LogP contribution in [0.3, 0.4) is 0 Å².